The molecule has 0 radical (unpaired) electrons. The number of hydrogen-bond donors (Lipinski definition) is 2. The number of esters is 2. The lowest BCUT2D eigenvalue weighted by Gasteiger charge is -2.24. The van der Waals surface area contributed by atoms with E-state index in [1.165, 1.54) is 26.0 Å². The Morgan fingerprint density at radius 2 is 1.46 bits per heavy atom. The lowest BCUT2D eigenvalue weighted by molar-refractivity contribution is -0.163. The van der Waals surface area contributed by atoms with Crippen LogP contribution in [0.4, 0.5) is 4.39 Å². The number of ketones is 1. The summed E-state index contributed by atoms with van der Waals surface area (Å²) in [6, 6.07) is 27.1. The smallest absolute Gasteiger partial charge is 0.350 e. The molecule has 11 heteroatoms. The summed E-state index contributed by atoms with van der Waals surface area (Å²) in [7, 11) is 0. The van der Waals surface area contributed by atoms with Gasteiger partial charge >= 0.3 is 11.9 Å². The zero-order valence-electron chi connectivity index (χ0n) is 30.5. The summed E-state index contributed by atoms with van der Waals surface area (Å²) < 4.78 is 32.1. The number of hydrogen-bond acceptors (Lipinski definition) is 8. The van der Waals surface area contributed by atoms with E-state index in [2.05, 4.69) is 18.4 Å². The summed E-state index contributed by atoms with van der Waals surface area (Å²) in [5.74, 6) is -1.61. The number of fused-ring (bicyclic) bond motifs is 1. The van der Waals surface area contributed by atoms with Gasteiger partial charge in [0.05, 0.1) is 18.6 Å². The highest BCUT2D eigenvalue weighted by molar-refractivity contribution is 6.30. The lowest BCUT2D eigenvalue weighted by atomic mass is 10.0. The van der Waals surface area contributed by atoms with Gasteiger partial charge in [-0.15, -0.1) is 0 Å². The first-order valence-electron chi connectivity index (χ1n) is 17.6. The number of aliphatic hydroxyl groups excluding tert-OH is 2. The number of para-hydroxylation sites is 1. The van der Waals surface area contributed by atoms with Crippen molar-refractivity contribution in [2.45, 2.75) is 64.4 Å². The Kier molecular flexibility index (Phi) is 13.1. The van der Waals surface area contributed by atoms with Crippen LogP contribution in [0.25, 0.3) is 28.1 Å². The maximum atomic E-state index is 13.8. The quantitative estimate of drug-likeness (QED) is 0.0585. The first kappa shape index (κ1) is 39.9. The highest BCUT2D eigenvalue weighted by Crippen LogP contribution is 2.38. The molecule has 0 saturated heterocycles. The summed E-state index contributed by atoms with van der Waals surface area (Å²) in [6.07, 6.45) is 0.552. The standard InChI is InChI=1S/C43H43ClFNO8/c1-27(2)46-37-8-6-5-7-36(37)40(28-11-17-32(45)18-12-28)38(46)22-19-33(47)25-34(48)26-39(49)52-23-24-53-42(51)43(3,4)54-35-20-13-30(14-21-35)41(50)29-9-15-31(44)16-10-29/h5-22,27,33-34,47-48H,23-26H2,1-4H3/b22-19+/t33-,34-/m1/s1. The molecule has 2 atom stereocenters. The zero-order chi connectivity index (χ0) is 39.0. The van der Waals surface area contributed by atoms with Gasteiger partial charge in [-0.3, -0.25) is 9.59 Å². The van der Waals surface area contributed by atoms with Gasteiger partial charge in [-0.25, -0.2) is 9.18 Å². The number of halogens is 2. The molecule has 0 aliphatic rings. The van der Waals surface area contributed by atoms with Gasteiger partial charge < -0.3 is 29.0 Å². The predicted octanol–water partition coefficient (Wildman–Crippen LogP) is 8.37. The van der Waals surface area contributed by atoms with Gasteiger partial charge in [0.15, 0.2) is 11.4 Å². The second-order valence-electron chi connectivity index (χ2n) is 13.6. The van der Waals surface area contributed by atoms with Crippen molar-refractivity contribution in [3.8, 4) is 16.9 Å². The molecule has 54 heavy (non-hydrogen) atoms. The third-order valence-corrected chi connectivity index (χ3v) is 8.91. The Morgan fingerprint density at radius 3 is 2.11 bits per heavy atom. The monoisotopic (exact) mass is 755 g/mol. The van der Waals surface area contributed by atoms with E-state index >= 15 is 0 Å². The summed E-state index contributed by atoms with van der Waals surface area (Å²) in [5.41, 5.74) is 3.04. The summed E-state index contributed by atoms with van der Waals surface area (Å²) >= 11 is 5.91. The molecule has 5 rings (SSSR count). The molecule has 0 amide bonds. The molecule has 0 aliphatic carbocycles. The molecule has 5 aromatic rings. The van der Waals surface area contributed by atoms with Crippen LogP contribution in [0.3, 0.4) is 0 Å². The largest absolute Gasteiger partial charge is 0.476 e. The van der Waals surface area contributed by atoms with Crippen LogP contribution < -0.4 is 4.74 Å². The minimum Gasteiger partial charge on any atom is -0.476 e. The minimum absolute atomic E-state index is 0.0661. The lowest BCUT2D eigenvalue weighted by Crippen LogP contribution is -2.40. The van der Waals surface area contributed by atoms with Crippen molar-refractivity contribution < 1.29 is 43.2 Å². The topological polar surface area (TPSA) is 124 Å². The van der Waals surface area contributed by atoms with Gasteiger partial charge in [0, 0.05) is 50.8 Å². The number of benzene rings is 4. The predicted molar refractivity (Wildman–Crippen MR) is 206 cm³/mol. The molecule has 0 fully saturated rings. The van der Waals surface area contributed by atoms with Crippen LogP contribution in [0.1, 0.15) is 68.2 Å². The van der Waals surface area contributed by atoms with Crippen LogP contribution >= 0.6 is 11.6 Å². The van der Waals surface area contributed by atoms with Gasteiger partial charge in [0.2, 0.25) is 0 Å². The maximum absolute atomic E-state index is 13.8. The summed E-state index contributed by atoms with van der Waals surface area (Å²) in [5, 5.41) is 22.9. The third kappa shape index (κ3) is 10.0. The molecule has 4 aromatic carbocycles. The second-order valence-corrected chi connectivity index (χ2v) is 14.0. The van der Waals surface area contributed by atoms with Crippen molar-refractivity contribution in [2.24, 2.45) is 0 Å². The van der Waals surface area contributed by atoms with E-state index in [9.17, 15) is 29.0 Å². The van der Waals surface area contributed by atoms with Crippen LogP contribution in [0, 0.1) is 5.82 Å². The molecule has 0 unspecified atom stereocenters. The van der Waals surface area contributed by atoms with E-state index in [1.54, 1.807) is 72.8 Å². The minimum atomic E-state index is -1.39. The van der Waals surface area contributed by atoms with Gasteiger partial charge in [-0.2, -0.15) is 0 Å². The van der Waals surface area contributed by atoms with Crippen molar-refractivity contribution in [1.29, 1.82) is 0 Å². The highest BCUT2D eigenvalue weighted by atomic mass is 35.5. The second kappa shape index (κ2) is 17.7. The fraction of sp³-hybridized carbons (Fsp3) is 0.279. The average Bonchev–Trinajstić information content (AvgIpc) is 3.47. The fourth-order valence-electron chi connectivity index (χ4n) is 6.06. The first-order valence-corrected chi connectivity index (χ1v) is 18.0. The number of carbonyl (C=O) groups is 3. The molecule has 282 valence electrons. The molecule has 0 bridgehead atoms. The number of aliphatic hydroxyl groups is 2. The summed E-state index contributed by atoms with van der Waals surface area (Å²) in [4.78, 5) is 37.9. The van der Waals surface area contributed by atoms with E-state index in [0.717, 1.165) is 27.7 Å². The maximum Gasteiger partial charge on any atom is 0.350 e. The Labute approximate surface area is 318 Å². The van der Waals surface area contributed by atoms with Gasteiger partial charge in [0.1, 0.15) is 24.8 Å². The Morgan fingerprint density at radius 1 is 0.852 bits per heavy atom. The number of ether oxygens (including phenoxy) is 3. The fourth-order valence-corrected chi connectivity index (χ4v) is 6.19. The average molecular weight is 756 g/mol. The van der Waals surface area contributed by atoms with Crippen LogP contribution in [0.15, 0.2) is 103 Å². The molecular weight excluding hydrogens is 713 g/mol. The highest BCUT2D eigenvalue weighted by Gasteiger charge is 2.32. The Balaban J connectivity index is 1.09. The van der Waals surface area contributed by atoms with E-state index < -0.39 is 29.7 Å². The van der Waals surface area contributed by atoms with E-state index in [4.69, 9.17) is 25.8 Å². The molecule has 1 aromatic heterocycles. The van der Waals surface area contributed by atoms with Crippen molar-refractivity contribution >= 4 is 46.3 Å². The SMILES string of the molecule is CC(C)n1c(/C=C/[C@@H](O)C[C@@H](O)CC(=O)OCCOC(=O)C(C)(C)Oc2ccc(C(=O)c3ccc(Cl)cc3)cc2)c(-c2ccc(F)cc2)c2ccccc21. The molecule has 0 spiro atoms. The molecule has 1 heterocycles. The molecule has 0 aliphatic heterocycles. The van der Waals surface area contributed by atoms with E-state index in [1.807, 2.05) is 24.3 Å². The van der Waals surface area contributed by atoms with Crippen molar-refractivity contribution in [1.82, 2.24) is 4.57 Å². The Hall–Kier alpha value is -5.29. The van der Waals surface area contributed by atoms with Crippen LogP contribution in [0.2, 0.25) is 5.02 Å². The molecule has 2 N–H and O–H groups in total. The van der Waals surface area contributed by atoms with Gasteiger partial charge in [-0.05, 0) is 106 Å². The van der Waals surface area contributed by atoms with Crippen molar-refractivity contribution in [3.63, 3.8) is 0 Å². The normalized spacial score (nSPS) is 12.9. The van der Waals surface area contributed by atoms with E-state index in [0.29, 0.717) is 21.9 Å². The third-order valence-electron chi connectivity index (χ3n) is 8.66. The van der Waals surface area contributed by atoms with Crippen molar-refractivity contribution in [2.75, 3.05) is 13.2 Å². The van der Waals surface area contributed by atoms with Gasteiger partial charge in [-0.1, -0.05) is 48.0 Å². The number of rotatable bonds is 16. The van der Waals surface area contributed by atoms with E-state index in [-0.39, 0.29) is 43.7 Å². The number of carbonyl (C=O) groups excluding carboxylic acids is 3. The summed E-state index contributed by atoms with van der Waals surface area (Å²) in [6.45, 7) is 6.66. The van der Waals surface area contributed by atoms with Crippen LogP contribution in [-0.4, -0.2) is 63.5 Å². The van der Waals surface area contributed by atoms with Gasteiger partial charge in [0.25, 0.3) is 0 Å². The first-order chi connectivity index (χ1) is 25.7. The Bertz CT molecular complexity index is 2100. The van der Waals surface area contributed by atoms with Crippen LogP contribution in [-0.2, 0) is 19.1 Å². The number of aromatic nitrogens is 1. The number of nitrogens with zero attached hydrogens (tertiary/aromatic N) is 1. The molecule has 0 saturated carbocycles. The van der Waals surface area contributed by atoms with Crippen LogP contribution in [0.5, 0.6) is 5.75 Å². The molecular formula is C43H43ClFNO8. The molecule has 9 nitrogen and oxygen atoms in total. The van der Waals surface area contributed by atoms with Crippen molar-refractivity contribution in [3.05, 3.63) is 131 Å². The zero-order valence-corrected chi connectivity index (χ0v) is 31.3.